The van der Waals surface area contributed by atoms with Crippen LogP contribution in [-0.2, 0) is 32.6 Å². The van der Waals surface area contributed by atoms with Crippen LogP contribution in [0.25, 0.3) is 0 Å². The SMILES string of the molecule is COc1ccc(S(=O)(=O)N(CC(=O)N(Cc2ccc(Cl)cc2)[C@@H](Cc2ccccc2)C(=O)NC2CCCCC2)c2ccccc2OC)cc1. The van der Waals surface area contributed by atoms with Crippen molar-refractivity contribution in [2.24, 2.45) is 0 Å². The lowest BCUT2D eigenvalue weighted by Gasteiger charge is -2.35. The summed E-state index contributed by atoms with van der Waals surface area (Å²) in [4.78, 5) is 30.5. The fourth-order valence-electron chi connectivity index (χ4n) is 6.11. The number of amides is 2. The minimum Gasteiger partial charge on any atom is -0.497 e. The molecular weight excluding hydrogens is 662 g/mol. The molecule has 1 aliphatic rings. The highest BCUT2D eigenvalue weighted by molar-refractivity contribution is 7.92. The number of carbonyl (C=O) groups is 2. The number of sulfonamides is 1. The molecule has 2 amide bonds. The van der Waals surface area contributed by atoms with Gasteiger partial charge in [-0.05, 0) is 72.5 Å². The number of halogens is 1. The molecule has 0 aromatic heterocycles. The highest BCUT2D eigenvalue weighted by Crippen LogP contribution is 2.33. The van der Waals surface area contributed by atoms with Crippen molar-refractivity contribution < 1.29 is 27.5 Å². The third-order valence-electron chi connectivity index (χ3n) is 8.77. The molecule has 0 heterocycles. The number of methoxy groups -OCH3 is 2. The second-order valence-corrected chi connectivity index (χ2v) is 14.4. The van der Waals surface area contributed by atoms with Gasteiger partial charge < -0.3 is 19.7 Å². The second kappa shape index (κ2) is 16.7. The van der Waals surface area contributed by atoms with Crippen LogP contribution in [-0.4, -0.2) is 58.0 Å². The molecule has 0 spiro atoms. The highest BCUT2D eigenvalue weighted by Gasteiger charge is 2.36. The fourth-order valence-corrected chi connectivity index (χ4v) is 7.66. The maximum atomic E-state index is 14.8. The van der Waals surface area contributed by atoms with Gasteiger partial charge in [0.25, 0.3) is 10.0 Å². The zero-order chi connectivity index (χ0) is 34.8. The van der Waals surface area contributed by atoms with E-state index < -0.39 is 28.5 Å². The summed E-state index contributed by atoms with van der Waals surface area (Å²) in [5.41, 5.74) is 1.79. The highest BCUT2D eigenvalue weighted by atomic mass is 35.5. The molecule has 1 N–H and O–H groups in total. The molecule has 0 aliphatic heterocycles. The summed E-state index contributed by atoms with van der Waals surface area (Å²) >= 11 is 6.19. The molecule has 4 aromatic carbocycles. The van der Waals surface area contributed by atoms with E-state index in [2.05, 4.69) is 5.32 Å². The summed E-state index contributed by atoms with van der Waals surface area (Å²) in [5, 5.41) is 3.75. The molecule has 5 rings (SSSR count). The van der Waals surface area contributed by atoms with E-state index in [-0.39, 0.29) is 41.2 Å². The van der Waals surface area contributed by atoms with Crippen LogP contribution in [0.15, 0.2) is 108 Å². The third kappa shape index (κ3) is 9.13. The monoisotopic (exact) mass is 703 g/mol. The van der Waals surface area contributed by atoms with Gasteiger partial charge in [-0.3, -0.25) is 13.9 Å². The number of anilines is 1. The number of ether oxygens (including phenoxy) is 2. The van der Waals surface area contributed by atoms with Crippen molar-refractivity contribution >= 4 is 39.1 Å². The van der Waals surface area contributed by atoms with E-state index in [1.54, 1.807) is 60.7 Å². The van der Waals surface area contributed by atoms with Gasteiger partial charge in [0.2, 0.25) is 11.8 Å². The predicted octanol–water partition coefficient (Wildman–Crippen LogP) is 6.64. The van der Waals surface area contributed by atoms with Gasteiger partial charge in [0, 0.05) is 24.0 Å². The second-order valence-electron chi connectivity index (χ2n) is 12.1. The molecule has 0 saturated heterocycles. The zero-order valence-electron chi connectivity index (χ0n) is 27.8. The lowest BCUT2D eigenvalue weighted by molar-refractivity contribution is -0.140. The Morgan fingerprint density at radius 2 is 1.47 bits per heavy atom. The Kier molecular flexibility index (Phi) is 12.2. The molecule has 9 nitrogen and oxygen atoms in total. The van der Waals surface area contributed by atoms with Gasteiger partial charge in [0.05, 0.1) is 24.8 Å². The maximum Gasteiger partial charge on any atom is 0.264 e. The van der Waals surface area contributed by atoms with Gasteiger partial charge in [0.1, 0.15) is 24.1 Å². The van der Waals surface area contributed by atoms with E-state index in [0.29, 0.717) is 10.8 Å². The minimum atomic E-state index is -4.31. The predicted molar refractivity (Wildman–Crippen MR) is 191 cm³/mol. The average Bonchev–Trinajstić information content (AvgIpc) is 3.13. The molecule has 11 heteroatoms. The number of hydrogen-bond donors (Lipinski definition) is 1. The maximum absolute atomic E-state index is 14.8. The molecule has 49 heavy (non-hydrogen) atoms. The van der Waals surface area contributed by atoms with E-state index >= 15 is 0 Å². The van der Waals surface area contributed by atoms with Gasteiger partial charge in [-0.25, -0.2) is 8.42 Å². The van der Waals surface area contributed by atoms with Gasteiger partial charge in [0.15, 0.2) is 0 Å². The smallest absolute Gasteiger partial charge is 0.264 e. The number of para-hydroxylation sites is 2. The largest absolute Gasteiger partial charge is 0.497 e. The molecule has 0 unspecified atom stereocenters. The number of rotatable bonds is 14. The molecule has 4 aromatic rings. The van der Waals surface area contributed by atoms with Crippen molar-refractivity contribution in [3.05, 3.63) is 119 Å². The van der Waals surface area contributed by atoms with Crippen LogP contribution in [0, 0.1) is 0 Å². The van der Waals surface area contributed by atoms with Crippen molar-refractivity contribution in [3.63, 3.8) is 0 Å². The number of hydrogen-bond acceptors (Lipinski definition) is 6. The van der Waals surface area contributed by atoms with Crippen molar-refractivity contribution in [2.75, 3.05) is 25.1 Å². The molecule has 0 bridgehead atoms. The van der Waals surface area contributed by atoms with Crippen LogP contribution < -0.4 is 19.1 Å². The Hall–Kier alpha value is -4.54. The van der Waals surface area contributed by atoms with E-state index in [1.165, 1.54) is 31.3 Å². The fraction of sp³-hybridized carbons (Fsp3) is 0.316. The molecule has 1 atom stereocenters. The van der Waals surface area contributed by atoms with Crippen LogP contribution >= 0.6 is 11.6 Å². The number of nitrogens with zero attached hydrogens (tertiary/aromatic N) is 2. The van der Waals surface area contributed by atoms with Crippen LogP contribution in [0.5, 0.6) is 11.5 Å². The summed E-state index contributed by atoms with van der Waals surface area (Å²) in [6.45, 7) is -0.543. The average molecular weight is 704 g/mol. The number of carbonyl (C=O) groups excluding carboxylic acids is 2. The quantitative estimate of drug-likeness (QED) is 0.158. The third-order valence-corrected chi connectivity index (χ3v) is 10.8. The van der Waals surface area contributed by atoms with Crippen molar-refractivity contribution in [2.45, 2.75) is 62.0 Å². The molecule has 1 saturated carbocycles. The molecule has 0 radical (unpaired) electrons. The molecular formula is C38H42ClN3O6S. The first-order valence-electron chi connectivity index (χ1n) is 16.4. The summed E-state index contributed by atoms with van der Waals surface area (Å²) in [7, 11) is -1.38. The molecule has 1 aliphatic carbocycles. The summed E-state index contributed by atoms with van der Waals surface area (Å²) in [6.07, 6.45) is 5.16. The normalized spacial score (nSPS) is 14.0. The first-order chi connectivity index (χ1) is 23.7. The summed E-state index contributed by atoms with van der Waals surface area (Å²) < 4.78 is 40.6. The Labute approximate surface area is 293 Å². The number of nitrogens with one attached hydrogen (secondary N) is 1. The van der Waals surface area contributed by atoms with E-state index in [1.807, 2.05) is 30.3 Å². The Balaban J connectivity index is 1.58. The van der Waals surface area contributed by atoms with Gasteiger partial charge >= 0.3 is 0 Å². The van der Waals surface area contributed by atoms with Gasteiger partial charge in [-0.15, -0.1) is 0 Å². The first-order valence-corrected chi connectivity index (χ1v) is 18.2. The van der Waals surface area contributed by atoms with Crippen LogP contribution in [0.3, 0.4) is 0 Å². The Morgan fingerprint density at radius 3 is 2.12 bits per heavy atom. The Morgan fingerprint density at radius 1 is 0.816 bits per heavy atom. The van der Waals surface area contributed by atoms with Crippen LogP contribution in [0.2, 0.25) is 5.02 Å². The van der Waals surface area contributed by atoms with Crippen molar-refractivity contribution in [1.82, 2.24) is 10.2 Å². The van der Waals surface area contributed by atoms with Crippen molar-refractivity contribution in [1.29, 1.82) is 0 Å². The number of benzene rings is 4. The first kappa shape index (κ1) is 35.8. The summed E-state index contributed by atoms with van der Waals surface area (Å²) in [5.74, 6) is -0.0779. The molecule has 1 fully saturated rings. The van der Waals surface area contributed by atoms with Crippen LogP contribution in [0.1, 0.15) is 43.2 Å². The topological polar surface area (TPSA) is 105 Å². The molecule has 258 valence electrons. The lowest BCUT2D eigenvalue weighted by Crippen LogP contribution is -2.55. The lowest BCUT2D eigenvalue weighted by atomic mass is 9.94. The Bertz CT molecular complexity index is 1800. The van der Waals surface area contributed by atoms with E-state index in [0.717, 1.165) is 47.5 Å². The van der Waals surface area contributed by atoms with E-state index in [4.69, 9.17) is 21.1 Å². The summed E-state index contributed by atoms with van der Waals surface area (Å²) in [6, 6.07) is 28.2. The zero-order valence-corrected chi connectivity index (χ0v) is 29.3. The van der Waals surface area contributed by atoms with Crippen molar-refractivity contribution in [3.8, 4) is 11.5 Å². The van der Waals surface area contributed by atoms with E-state index in [9.17, 15) is 18.0 Å². The minimum absolute atomic E-state index is 0.00698. The standard InChI is InChI=1S/C38H42ClN3O6S/c1-47-32-21-23-33(24-22-32)49(45,46)42(34-15-9-10-16-36(34)48-2)27-37(43)41(26-29-17-19-30(39)20-18-29)35(25-28-11-5-3-6-12-28)38(44)40-31-13-7-4-8-14-31/h3,5-6,9-12,15-24,31,35H,4,7-8,13-14,25-27H2,1-2H3,(H,40,44)/t35-/m0/s1. The van der Waals surface area contributed by atoms with Gasteiger partial charge in [-0.2, -0.15) is 0 Å². The van der Waals surface area contributed by atoms with Gasteiger partial charge in [-0.1, -0.05) is 85.5 Å². The van der Waals surface area contributed by atoms with Crippen LogP contribution in [0.4, 0.5) is 5.69 Å².